The van der Waals surface area contributed by atoms with Crippen LogP contribution in [0, 0.1) is 0 Å². The van der Waals surface area contributed by atoms with Crippen molar-refractivity contribution in [3.8, 4) is 5.88 Å². The number of nitrogens with zero attached hydrogens (tertiary/aromatic N) is 4. The molecule has 30 heavy (non-hydrogen) atoms. The predicted octanol–water partition coefficient (Wildman–Crippen LogP) is 5.39. The lowest BCUT2D eigenvalue weighted by atomic mass is 10.3. The average Bonchev–Trinajstić information content (AvgIpc) is 2.78. The first-order valence-corrected chi connectivity index (χ1v) is 10.6. The van der Waals surface area contributed by atoms with E-state index in [-0.39, 0.29) is 11.9 Å². The van der Waals surface area contributed by atoms with Crippen LogP contribution in [0.25, 0.3) is 0 Å². The number of ether oxygens (including phenoxy) is 1. The van der Waals surface area contributed by atoms with Crippen LogP contribution in [0.4, 0.5) is 21.0 Å². The van der Waals surface area contributed by atoms with E-state index in [1.165, 1.54) is 15.4 Å². The van der Waals surface area contributed by atoms with Crippen LogP contribution in [0.5, 0.6) is 5.88 Å². The molecule has 1 heterocycles. The van der Waals surface area contributed by atoms with Crippen LogP contribution in [0.15, 0.2) is 48.7 Å². The molecule has 0 atom stereocenters. The van der Waals surface area contributed by atoms with Crippen molar-refractivity contribution in [3.05, 3.63) is 48.7 Å². The van der Waals surface area contributed by atoms with Crippen molar-refractivity contribution in [2.24, 2.45) is 0 Å². The van der Waals surface area contributed by atoms with Crippen LogP contribution in [0.1, 0.15) is 39.5 Å². The van der Waals surface area contributed by atoms with Gasteiger partial charge in [0.15, 0.2) is 0 Å². The van der Waals surface area contributed by atoms with Crippen molar-refractivity contribution in [2.45, 2.75) is 39.5 Å². The van der Waals surface area contributed by atoms with Gasteiger partial charge in [0.05, 0.1) is 11.9 Å². The molecule has 2 aromatic rings. The molecular formula is C22H30N4O3S. The number of rotatable bonds is 9. The second-order valence-corrected chi connectivity index (χ2v) is 7.31. The fourth-order valence-electron chi connectivity index (χ4n) is 2.72. The van der Waals surface area contributed by atoms with E-state index in [1.54, 1.807) is 19.2 Å². The zero-order chi connectivity index (χ0) is 21.9. The number of amides is 3. The number of carbonyl (C=O) groups is 2. The van der Waals surface area contributed by atoms with Gasteiger partial charge in [-0.05, 0) is 31.0 Å². The van der Waals surface area contributed by atoms with E-state index in [9.17, 15) is 9.59 Å². The van der Waals surface area contributed by atoms with Gasteiger partial charge in [-0.25, -0.2) is 18.9 Å². The van der Waals surface area contributed by atoms with Crippen molar-refractivity contribution in [2.75, 3.05) is 29.3 Å². The number of anilines is 2. The van der Waals surface area contributed by atoms with Crippen LogP contribution in [-0.4, -0.2) is 42.1 Å². The van der Waals surface area contributed by atoms with Crippen LogP contribution < -0.4 is 13.9 Å². The maximum Gasteiger partial charge on any atom is 0.420 e. The van der Waals surface area contributed by atoms with Crippen LogP contribution in [-0.2, 0) is 0 Å². The van der Waals surface area contributed by atoms with Crippen LogP contribution >= 0.6 is 12.8 Å². The minimum absolute atomic E-state index is 0.148. The molecule has 0 aliphatic rings. The summed E-state index contributed by atoms with van der Waals surface area (Å²) in [5.74, 6) is 0.148. The molecule has 0 aliphatic carbocycles. The molecule has 7 nitrogen and oxygen atoms in total. The van der Waals surface area contributed by atoms with E-state index >= 15 is 0 Å². The molecule has 162 valence electrons. The van der Waals surface area contributed by atoms with Gasteiger partial charge in [0.25, 0.3) is 0 Å². The number of benzene rings is 1. The zero-order valence-corrected chi connectivity index (χ0v) is 18.7. The number of carbonyl (C=O) groups excluding carboxylic acids is 2. The molecule has 0 radical (unpaired) electrons. The van der Waals surface area contributed by atoms with E-state index in [1.807, 2.05) is 35.2 Å². The third-order valence-electron chi connectivity index (χ3n) is 4.59. The Bertz CT molecular complexity index is 794. The van der Waals surface area contributed by atoms with Crippen molar-refractivity contribution in [1.82, 2.24) is 9.88 Å². The number of aromatic nitrogens is 1. The highest BCUT2D eigenvalue weighted by Gasteiger charge is 2.20. The fourth-order valence-corrected chi connectivity index (χ4v) is 2.96. The molecule has 3 amide bonds. The third-order valence-corrected chi connectivity index (χ3v) is 4.99. The van der Waals surface area contributed by atoms with Crippen molar-refractivity contribution in [3.63, 3.8) is 0 Å². The number of para-hydroxylation sites is 1. The van der Waals surface area contributed by atoms with E-state index in [2.05, 4.69) is 31.6 Å². The fraction of sp³-hybridized carbons (Fsp3) is 0.409. The van der Waals surface area contributed by atoms with Crippen LogP contribution in [0.2, 0.25) is 0 Å². The van der Waals surface area contributed by atoms with Crippen LogP contribution in [0.3, 0.4) is 0 Å². The topological polar surface area (TPSA) is 66.0 Å². The summed E-state index contributed by atoms with van der Waals surface area (Å²) in [5, 5.41) is 0. The molecule has 0 aliphatic heterocycles. The summed E-state index contributed by atoms with van der Waals surface area (Å²) < 4.78 is 6.59. The highest BCUT2D eigenvalue weighted by atomic mass is 32.1. The van der Waals surface area contributed by atoms with Gasteiger partial charge in [-0.2, -0.15) is 0 Å². The molecule has 0 bridgehead atoms. The Morgan fingerprint density at radius 3 is 2.13 bits per heavy atom. The molecular weight excluding hydrogens is 400 g/mol. The summed E-state index contributed by atoms with van der Waals surface area (Å²) in [4.78, 5) is 32.5. The Balaban J connectivity index is 2.01. The van der Waals surface area contributed by atoms with Gasteiger partial charge >= 0.3 is 12.1 Å². The van der Waals surface area contributed by atoms with Gasteiger partial charge in [-0.15, -0.1) is 0 Å². The van der Waals surface area contributed by atoms with Crippen molar-refractivity contribution < 1.29 is 14.3 Å². The molecule has 0 spiro atoms. The smallest absolute Gasteiger partial charge is 0.391 e. The highest BCUT2D eigenvalue weighted by molar-refractivity contribution is 7.82. The standard InChI is InChI=1S/C22H30N4O3S/c1-4-6-15-25(16-7-5-2)21(27)26(30)19-13-14-20(23-17-19)29-22(28)24(3)18-11-9-8-10-12-18/h8-14,17,30H,4-7,15-16H2,1-3H3. The normalized spacial score (nSPS) is 10.4. The number of pyridine rings is 1. The maximum atomic E-state index is 12.8. The Kier molecular flexibility index (Phi) is 9.47. The van der Waals surface area contributed by atoms with Crippen molar-refractivity contribution in [1.29, 1.82) is 0 Å². The Morgan fingerprint density at radius 1 is 0.967 bits per heavy atom. The third kappa shape index (κ3) is 6.66. The SMILES string of the molecule is CCCCN(CCCC)C(=O)N(S)c1ccc(OC(=O)N(C)c2ccccc2)nc1. The average molecular weight is 431 g/mol. The molecule has 1 aromatic heterocycles. The minimum atomic E-state index is -0.550. The largest absolute Gasteiger partial charge is 0.420 e. The van der Waals surface area contributed by atoms with E-state index in [4.69, 9.17) is 4.74 Å². The highest BCUT2D eigenvalue weighted by Crippen LogP contribution is 2.21. The lowest BCUT2D eigenvalue weighted by Crippen LogP contribution is -2.40. The quantitative estimate of drug-likeness (QED) is 0.542. The van der Waals surface area contributed by atoms with E-state index in [0.29, 0.717) is 24.5 Å². The maximum absolute atomic E-state index is 12.8. The van der Waals surface area contributed by atoms with Gasteiger partial charge in [0, 0.05) is 31.9 Å². The summed E-state index contributed by atoms with van der Waals surface area (Å²) in [5.41, 5.74) is 1.23. The van der Waals surface area contributed by atoms with Gasteiger partial charge in [0.2, 0.25) is 5.88 Å². The first kappa shape index (κ1) is 23.5. The van der Waals surface area contributed by atoms with Gasteiger partial charge < -0.3 is 9.64 Å². The monoisotopic (exact) mass is 430 g/mol. The van der Waals surface area contributed by atoms with Gasteiger partial charge in [-0.3, -0.25) is 4.90 Å². The Hall–Kier alpha value is -2.74. The number of unbranched alkanes of at least 4 members (excludes halogenated alkanes) is 2. The summed E-state index contributed by atoms with van der Waals surface area (Å²) in [6.07, 6.45) is 4.83. The molecule has 0 saturated heterocycles. The molecule has 0 saturated carbocycles. The molecule has 1 aromatic carbocycles. The van der Waals surface area contributed by atoms with Gasteiger partial charge in [-0.1, -0.05) is 57.7 Å². The minimum Gasteiger partial charge on any atom is -0.391 e. The predicted molar refractivity (Wildman–Crippen MR) is 123 cm³/mol. The number of hydrogen-bond donors (Lipinski definition) is 1. The lowest BCUT2D eigenvalue weighted by Gasteiger charge is -2.27. The molecule has 0 N–H and O–H groups in total. The summed E-state index contributed by atoms with van der Waals surface area (Å²) >= 11 is 4.37. The number of thiol groups is 1. The summed E-state index contributed by atoms with van der Waals surface area (Å²) in [6.45, 7) is 5.59. The number of urea groups is 1. The Labute approximate surface area is 184 Å². The van der Waals surface area contributed by atoms with Crippen molar-refractivity contribution >= 4 is 36.3 Å². The second-order valence-electron chi connectivity index (χ2n) is 6.91. The first-order valence-electron chi connectivity index (χ1n) is 10.2. The molecule has 8 heteroatoms. The van der Waals surface area contributed by atoms with E-state index in [0.717, 1.165) is 25.7 Å². The molecule has 2 rings (SSSR count). The summed E-state index contributed by atoms with van der Waals surface area (Å²) in [7, 11) is 1.63. The number of hydrogen-bond acceptors (Lipinski definition) is 5. The molecule has 0 fully saturated rings. The molecule has 0 unspecified atom stereocenters. The van der Waals surface area contributed by atoms with Gasteiger partial charge in [0.1, 0.15) is 0 Å². The lowest BCUT2D eigenvalue weighted by molar-refractivity contribution is 0.205. The second kappa shape index (κ2) is 12.1. The zero-order valence-electron chi connectivity index (χ0n) is 17.8. The summed E-state index contributed by atoms with van der Waals surface area (Å²) in [6, 6.07) is 12.2. The Morgan fingerprint density at radius 2 is 1.60 bits per heavy atom. The first-order chi connectivity index (χ1) is 14.5. The van der Waals surface area contributed by atoms with E-state index < -0.39 is 6.09 Å².